The fraction of sp³-hybridized carbons (Fsp3) is 0.420. The number of nitrogens with zero attached hydrogens (tertiary/aromatic N) is 5. The molecule has 3 aliphatic heterocycles. The molecule has 68 heavy (non-hydrogen) atoms. The number of methoxy groups -OCH3 is 1. The van der Waals surface area contributed by atoms with Crippen molar-refractivity contribution in [2.24, 2.45) is 17.3 Å². The van der Waals surface area contributed by atoms with E-state index in [9.17, 15) is 28.1 Å². The summed E-state index contributed by atoms with van der Waals surface area (Å²) in [4.78, 5) is 51.3. The van der Waals surface area contributed by atoms with Crippen molar-refractivity contribution >= 4 is 61.6 Å². The second kappa shape index (κ2) is 19.4. The highest BCUT2D eigenvalue weighted by Gasteiger charge is 2.35. The number of sulfonamides is 1. The first-order chi connectivity index (χ1) is 32.6. The van der Waals surface area contributed by atoms with Gasteiger partial charge in [0.15, 0.2) is 0 Å². The van der Waals surface area contributed by atoms with Crippen molar-refractivity contribution in [3.63, 3.8) is 0 Å². The first-order valence-electron chi connectivity index (χ1n) is 23.1. The zero-order chi connectivity index (χ0) is 47.7. The third-order valence-electron chi connectivity index (χ3n) is 13.9. The number of likely N-dealkylation sites (tertiary alicyclic amines) is 1. The number of carbonyl (C=O) groups excluding carboxylic acids is 2. The van der Waals surface area contributed by atoms with E-state index < -0.39 is 31.4 Å². The molecule has 0 radical (unpaired) electrons. The number of amides is 2. The van der Waals surface area contributed by atoms with Gasteiger partial charge in [0, 0.05) is 86.3 Å². The van der Waals surface area contributed by atoms with Gasteiger partial charge in [-0.25, -0.2) is 22.9 Å². The standard InChI is InChI=1S/C50H56ClN7O9S/c1-50(2)14-10-36(43(28-50)34-4-6-37(51)7-5-34)30-55-18-20-56(21-19-55)38-8-9-41(46(25-38)67-39-24-35-11-15-52-47(35)53-29-39)48(59)54-68(63,64)40-26-44(58(61)62)42-23-33(31-66-45(42)27-40)22-32-12-16-57(17-13-32)49(60)65-3/h4-9,11,15,24-27,29,32-33H,10,12-14,16-23,28,30-31H2,1-3H3,(H,52,53)(H,54,59)/t33-/m1/s1. The van der Waals surface area contributed by atoms with Gasteiger partial charge in [0.25, 0.3) is 21.6 Å². The lowest BCUT2D eigenvalue weighted by Crippen LogP contribution is -2.47. The van der Waals surface area contributed by atoms with Crippen molar-refractivity contribution in [3.05, 3.63) is 117 Å². The Kier molecular flexibility index (Phi) is 13.4. The lowest BCUT2D eigenvalue weighted by atomic mass is 9.72. The maximum atomic E-state index is 14.1. The van der Waals surface area contributed by atoms with E-state index in [4.69, 9.17) is 25.8 Å². The van der Waals surface area contributed by atoms with Gasteiger partial charge in [-0.15, -0.1) is 0 Å². The van der Waals surface area contributed by atoms with Crippen LogP contribution < -0.4 is 19.1 Å². The molecule has 1 atom stereocenters. The molecule has 18 heteroatoms. The Hall–Kier alpha value is -6.17. The Balaban J connectivity index is 0.916. The van der Waals surface area contributed by atoms with Crippen LogP contribution in [0.4, 0.5) is 16.2 Å². The van der Waals surface area contributed by atoms with E-state index in [1.54, 1.807) is 29.3 Å². The SMILES string of the molecule is COC(=O)N1CCC(C[C@H]2COc3cc(S(=O)(=O)NC(=O)c4ccc(N5CCN(CC6=C(c7ccc(Cl)cc7)CC(C)(C)CC6)CC5)cc4Oc4cnc5[nH]ccc5c4)cc([N+](=O)[O-])c3C2)CC1. The van der Waals surface area contributed by atoms with Crippen molar-refractivity contribution in [1.29, 1.82) is 0 Å². The van der Waals surface area contributed by atoms with Crippen molar-refractivity contribution < 1.29 is 37.1 Å². The molecular formula is C50H56ClN7O9S. The zero-order valence-electron chi connectivity index (χ0n) is 38.5. The van der Waals surface area contributed by atoms with Gasteiger partial charge in [0.2, 0.25) is 0 Å². The summed E-state index contributed by atoms with van der Waals surface area (Å²) in [6.07, 6.45) is 8.69. The number of nitrogens with one attached hydrogen (secondary N) is 2. The molecule has 2 aromatic heterocycles. The summed E-state index contributed by atoms with van der Waals surface area (Å²) in [6, 6.07) is 19.0. The molecule has 358 valence electrons. The Bertz CT molecular complexity index is 2870. The molecule has 2 amide bonds. The van der Waals surface area contributed by atoms with Crippen molar-refractivity contribution in [2.75, 3.05) is 64.4 Å². The van der Waals surface area contributed by atoms with Crippen LogP contribution in [0.3, 0.4) is 0 Å². The van der Waals surface area contributed by atoms with Crippen molar-refractivity contribution in [1.82, 2.24) is 24.5 Å². The number of piperazine rings is 1. The summed E-state index contributed by atoms with van der Waals surface area (Å²) in [6.45, 7) is 9.94. The van der Waals surface area contributed by atoms with Crippen molar-refractivity contribution in [2.45, 2.75) is 63.7 Å². The second-order valence-corrected chi connectivity index (χ2v) is 21.3. The van der Waals surface area contributed by atoms with Gasteiger partial charge in [-0.1, -0.05) is 43.2 Å². The highest BCUT2D eigenvalue weighted by atomic mass is 35.5. The van der Waals surface area contributed by atoms with E-state index in [0.29, 0.717) is 55.5 Å². The molecule has 1 aliphatic carbocycles. The predicted octanol–water partition coefficient (Wildman–Crippen LogP) is 9.24. The van der Waals surface area contributed by atoms with Crippen LogP contribution in [0, 0.1) is 27.4 Å². The lowest BCUT2D eigenvalue weighted by Gasteiger charge is -2.39. The number of carbonyl (C=O) groups is 2. The number of ether oxygens (including phenoxy) is 3. The van der Waals surface area contributed by atoms with Gasteiger partial charge in [-0.3, -0.25) is 19.8 Å². The number of rotatable bonds is 12. The number of aromatic nitrogens is 2. The number of halogens is 1. The molecule has 4 aliphatic rings. The second-order valence-electron chi connectivity index (χ2n) is 19.2. The molecule has 16 nitrogen and oxygen atoms in total. The highest BCUT2D eigenvalue weighted by molar-refractivity contribution is 7.90. The molecule has 0 spiro atoms. The summed E-state index contributed by atoms with van der Waals surface area (Å²) in [5.74, 6) is -0.197. The maximum Gasteiger partial charge on any atom is 0.409 e. The Morgan fingerprint density at radius 1 is 1.00 bits per heavy atom. The fourth-order valence-corrected chi connectivity index (χ4v) is 11.3. The van der Waals surface area contributed by atoms with Gasteiger partial charge in [-0.2, -0.15) is 0 Å². The van der Waals surface area contributed by atoms with Gasteiger partial charge in [0.05, 0.1) is 40.9 Å². The maximum absolute atomic E-state index is 14.1. The minimum atomic E-state index is -4.66. The molecule has 5 aromatic rings. The van der Waals surface area contributed by atoms with E-state index in [1.165, 1.54) is 42.1 Å². The number of anilines is 1. The van der Waals surface area contributed by atoms with Crippen molar-refractivity contribution in [3.8, 4) is 17.2 Å². The van der Waals surface area contributed by atoms with E-state index in [2.05, 4.69) is 50.5 Å². The molecule has 2 fully saturated rings. The van der Waals surface area contributed by atoms with Gasteiger partial charge in [-0.05, 0) is 110 Å². The van der Waals surface area contributed by atoms with E-state index >= 15 is 0 Å². The highest BCUT2D eigenvalue weighted by Crippen LogP contribution is 2.44. The number of fused-ring (bicyclic) bond motifs is 2. The van der Waals surface area contributed by atoms with E-state index in [1.807, 2.05) is 18.2 Å². The van der Waals surface area contributed by atoms with Gasteiger partial charge in [0.1, 0.15) is 22.9 Å². The molecule has 0 unspecified atom stereocenters. The van der Waals surface area contributed by atoms with Gasteiger partial charge < -0.3 is 29.0 Å². The summed E-state index contributed by atoms with van der Waals surface area (Å²) in [7, 11) is -3.31. The smallest absolute Gasteiger partial charge is 0.409 e. The normalized spacial score (nSPS) is 19.0. The molecular weight excluding hydrogens is 910 g/mol. The van der Waals surface area contributed by atoms with Crippen LogP contribution in [-0.2, 0) is 21.2 Å². The molecule has 0 bridgehead atoms. The average molecular weight is 967 g/mol. The predicted molar refractivity (Wildman–Crippen MR) is 259 cm³/mol. The fourth-order valence-electron chi connectivity index (χ4n) is 10.1. The Labute approximate surface area is 400 Å². The monoisotopic (exact) mass is 965 g/mol. The number of nitro groups is 1. The van der Waals surface area contributed by atoms with Crippen LogP contribution in [0.5, 0.6) is 17.2 Å². The van der Waals surface area contributed by atoms with Gasteiger partial charge >= 0.3 is 6.09 Å². The molecule has 3 aromatic carbocycles. The summed E-state index contributed by atoms with van der Waals surface area (Å²) in [5.41, 5.74) is 5.59. The number of aromatic amines is 1. The summed E-state index contributed by atoms with van der Waals surface area (Å²) >= 11 is 6.25. The summed E-state index contributed by atoms with van der Waals surface area (Å²) < 4.78 is 47.4. The van der Waals surface area contributed by atoms with Crippen LogP contribution in [0.1, 0.15) is 73.9 Å². The van der Waals surface area contributed by atoms with Crippen LogP contribution in [0.25, 0.3) is 16.6 Å². The molecule has 2 saturated heterocycles. The Morgan fingerprint density at radius 3 is 2.50 bits per heavy atom. The van der Waals surface area contributed by atoms with Crippen LogP contribution in [0.2, 0.25) is 5.02 Å². The topological polar surface area (TPSA) is 190 Å². The summed E-state index contributed by atoms with van der Waals surface area (Å²) in [5, 5.41) is 14.0. The average Bonchev–Trinajstić information content (AvgIpc) is 3.80. The largest absolute Gasteiger partial charge is 0.493 e. The lowest BCUT2D eigenvalue weighted by molar-refractivity contribution is -0.386. The molecule has 5 heterocycles. The minimum Gasteiger partial charge on any atom is -0.493 e. The number of nitro benzene ring substituents is 1. The van der Waals surface area contributed by atoms with Crippen LogP contribution in [-0.4, -0.2) is 105 Å². The number of H-pyrrole nitrogens is 1. The number of allylic oxidation sites excluding steroid dienone is 1. The molecule has 0 saturated carbocycles. The quantitative estimate of drug-likeness (QED) is 0.0892. The number of benzene rings is 3. The first kappa shape index (κ1) is 46.9. The zero-order valence-corrected chi connectivity index (χ0v) is 40.0. The third-order valence-corrected chi connectivity index (χ3v) is 15.5. The van der Waals surface area contributed by atoms with E-state index in [0.717, 1.165) is 80.3 Å². The number of hydrogen-bond donors (Lipinski definition) is 2. The number of pyridine rings is 1. The minimum absolute atomic E-state index is 0.0440. The number of piperidine rings is 1. The third kappa shape index (κ3) is 10.4. The first-order valence-corrected chi connectivity index (χ1v) is 25.0. The number of hydrogen-bond acceptors (Lipinski definition) is 12. The molecule has 9 rings (SSSR count). The molecule has 2 N–H and O–H groups in total. The van der Waals surface area contributed by atoms with Crippen LogP contribution >= 0.6 is 11.6 Å². The Morgan fingerprint density at radius 2 is 1.76 bits per heavy atom. The van der Waals surface area contributed by atoms with Crippen LogP contribution in [0.15, 0.2) is 89.6 Å². The van der Waals surface area contributed by atoms with E-state index in [-0.39, 0.29) is 41.1 Å².